The van der Waals surface area contributed by atoms with Gasteiger partial charge in [-0.15, -0.1) is 0 Å². The van der Waals surface area contributed by atoms with E-state index >= 15 is 0 Å². The highest BCUT2D eigenvalue weighted by molar-refractivity contribution is 4.90. The molecule has 15 heavy (non-hydrogen) atoms. The quantitative estimate of drug-likeness (QED) is 0.673. The molecular weight excluding hydrogens is 184 g/mol. The lowest BCUT2D eigenvalue weighted by atomic mass is 9.87. The third-order valence-electron chi connectivity index (χ3n) is 3.87. The van der Waals surface area contributed by atoms with Gasteiger partial charge in [-0.2, -0.15) is 0 Å². The number of hydrogen-bond acceptors (Lipinski definition) is 2. The fraction of sp³-hybridized carbons (Fsp3) is 1.00. The van der Waals surface area contributed by atoms with Crippen LogP contribution in [0, 0.1) is 0 Å². The largest absolute Gasteiger partial charge is 0.329 e. The number of hydrogen-bond donors (Lipinski definition) is 1. The molecule has 0 aromatic heterocycles. The summed E-state index contributed by atoms with van der Waals surface area (Å²) in [5, 5.41) is 0. The molecule has 0 fully saturated rings. The van der Waals surface area contributed by atoms with E-state index in [2.05, 4.69) is 39.6 Å². The molecule has 2 nitrogen and oxygen atoms in total. The first-order valence-electron chi connectivity index (χ1n) is 6.50. The third-order valence-corrected chi connectivity index (χ3v) is 3.87. The van der Waals surface area contributed by atoms with Crippen molar-refractivity contribution in [2.75, 3.05) is 13.6 Å². The predicted molar refractivity (Wildman–Crippen MR) is 69.1 cm³/mol. The summed E-state index contributed by atoms with van der Waals surface area (Å²) in [4.78, 5) is 2.51. The molecule has 0 rings (SSSR count). The summed E-state index contributed by atoms with van der Waals surface area (Å²) in [6.45, 7) is 9.86. The summed E-state index contributed by atoms with van der Waals surface area (Å²) in [5.41, 5.74) is 6.22. The van der Waals surface area contributed by atoms with Gasteiger partial charge in [-0.25, -0.2) is 0 Å². The Labute approximate surface area is 96.2 Å². The first-order chi connectivity index (χ1) is 7.07. The second kappa shape index (κ2) is 7.24. The van der Waals surface area contributed by atoms with Crippen molar-refractivity contribution >= 4 is 0 Å². The van der Waals surface area contributed by atoms with E-state index in [1.807, 2.05) is 0 Å². The van der Waals surface area contributed by atoms with E-state index < -0.39 is 0 Å². The molecule has 92 valence electrons. The molecular formula is C13H30N2. The second-order valence-electron chi connectivity index (χ2n) is 4.78. The minimum Gasteiger partial charge on any atom is -0.329 e. The van der Waals surface area contributed by atoms with Crippen molar-refractivity contribution in [3.8, 4) is 0 Å². The van der Waals surface area contributed by atoms with Crippen LogP contribution in [0.4, 0.5) is 0 Å². The van der Waals surface area contributed by atoms with Crippen LogP contribution in [0.1, 0.15) is 59.8 Å². The molecule has 0 saturated carbocycles. The highest BCUT2D eigenvalue weighted by Crippen LogP contribution is 2.26. The van der Waals surface area contributed by atoms with Crippen LogP contribution in [0.5, 0.6) is 0 Å². The van der Waals surface area contributed by atoms with E-state index in [1.54, 1.807) is 0 Å². The maximum atomic E-state index is 6.00. The van der Waals surface area contributed by atoms with Crippen molar-refractivity contribution in [2.24, 2.45) is 5.73 Å². The molecule has 0 spiro atoms. The molecule has 0 aliphatic rings. The van der Waals surface area contributed by atoms with E-state index in [0.717, 1.165) is 13.0 Å². The van der Waals surface area contributed by atoms with Crippen molar-refractivity contribution in [1.82, 2.24) is 4.90 Å². The maximum Gasteiger partial charge on any atom is 0.0328 e. The molecule has 0 radical (unpaired) electrons. The number of likely N-dealkylation sites (N-methyl/N-ethyl adjacent to an activating group) is 1. The molecule has 2 heteroatoms. The number of nitrogens with two attached hydrogens (primary N) is 1. The van der Waals surface area contributed by atoms with Gasteiger partial charge in [0.25, 0.3) is 0 Å². The fourth-order valence-corrected chi connectivity index (χ4v) is 2.54. The van der Waals surface area contributed by atoms with Gasteiger partial charge < -0.3 is 5.73 Å². The number of nitrogens with zero attached hydrogens (tertiary/aromatic N) is 1. The van der Waals surface area contributed by atoms with Crippen LogP contribution >= 0.6 is 0 Å². The Hall–Kier alpha value is -0.0800. The minimum absolute atomic E-state index is 0.226. The average Bonchev–Trinajstić information content (AvgIpc) is 2.25. The Bertz CT molecular complexity index is 153. The molecule has 2 atom stereocenters. The van der Waals surface area contributed by atoms with Gasteiger partial charge in [0.05, 0.1) is 0 Å². The Morgan fingerprint density at radius 3 is 2.13 bits per heavy atom. The van der Waals surface area contributed by atoms with E-state index in [4.69, 9.17) is 5.73 Å². The molecule has 0 heterocycles. The van der Waals surface area contributed by atoms with Crippen LogP contribution in [-0.2, 0) is 0 Å². The van der Waals surface area contributed by atoms with Crippen LogP contribution in [0.3, 0.4) is 0 Å². The lowest BCUT2D eigenvalue weighted by Crippen LogP contribution is -2.54. The normalized spacial score (nSPS) is 17.8. The van der Waals surface area contributed by atoms with Gasteiger partial charge in [0.15, 0.2) is 0 Å². The summed E-state index contributed by atoms with van der Waals surface area (Å²) >= 11 is 0. The van der Waals surface area contributed by atoms with Crippen molar-refractivity contribution in [3.63, 3.8) is 0 Å². The zero-order valence-corrected chi connectivity index (χ0v) is 11.3. The lowest BCUT2D eigenvalue weighted by molar-refractivity contribution is 0.0670. The van der Waals surface area contributed by atoms with Crippen molar-refractivity contribution < 1.29 is 0 Å². The van der Waals surface area contributed by atoms with Crippen LogP contribution in [0.15, 0.2) is 0 Å². The first-order valence-corrected chi connectivity index (χ1v) is 6.50. The highest BCUT2D eigenvalue weighted by Gasteiger charge is 2.32. The lowest BCUT2D eigenvalue weighted by Gasteiger charge is -2.44. The summed E-state index contributed by atoms with van der Waals surface area (Å²) in [7, 11) is 2.24. The Balaban J connectivity index is 4.58. The van der Waals surface area contributed by atoms with Gasteiger partial charge >= 0.3 is 0 Å². The van der Waals surface area contributed by atoms with Crippen LogP contribution < -0.4 is 5.73 Å². The Kier molecular flexibility index (Phi) is 7.20. The van der Waals surface area contributed by atoms with Crippen molar-refractivity contribution in [1.29, 1.82) is 0 Å². The summed E-state index contributed by atoms with van der Waals surface area (Å²) in [6, 6.07) is 0.644. The topological polar surface area (TPSA) is 29.3 Å². The molecule has 2 unspecified atom stereocenters. The molecule has 0 aromatic rings. The van der Waals surface area contributed by atoms with Crippen molar-refractivity contribution in [2.45, 2.75) is 71.4 Å². The van der Waals surface area contributed by atoms with Gasteiger partial charge in [-0.05, 0) is 33.2 Å². The van der Waals surface area contributed by atoms with E-state index in [9.17, 15) is 0 Å². The molecule has 0 bridgehead atoms. The van der Waals surface area contributed by atoms with Crippen molar-refractivity contribution in [3.05, 3.63) is 0 Å². The maximum absolute atomic E-state index is 6.00. The van der Waals surface area contributed by atoms with Crippen LogP contribution in [0.2, 0.25) is 0 Å². The number of rotatable bonds is 8. The van der Waals surface area contributed by atoms with Gasteiger partial charge in [0.1, 0.15) is 0 Å². The molecule has 0 aromatic carbocycles. The van der Waals surface area contributed by atoms with E-state index in [0.29, 0.717) is 6.04 Å². The summed E-state index contributed by atoms with van der Waals surface area (Å²) in [6.07, 6.45) is 6.10. The standard InChI is InChI=1S/C13H30N2/c1-6-9-12(4)15(5)13(8-3,11-14)10-7-2/h12H,6-11,14H2,1-5H3. The van der Waals surface area contributed by atoms with Gasteiger partial charge in [-0.1, -0.05) is 33.6 Å². The minimum atomic E-state index is 0.226. The zero-order chi connectivity index (χ0) is 11.9. The first kappa shape index (κ1) is 14.9. The van der Waals surface area contributed by atoms with E-state index in [-0.39, 0.29) is 5.54 Å². The Morgan fingerprint density at radius 2 is 1.80 bits per heavy atom. The van der Waals surface area contributed by atoms with E-state index in [1.165, 1.54) is 25.7 Å². The second-order valence-corrected chi connectivity index (χ2v) is 4.78. The Morgan fingerprint density at radius 1 is 1.20 bits per heavy atom. The summed E-state index contributed by atoms with van der Waals surface area (Å²) < 4.78 is 0. The fourth-order valence-electron chi connectivity index (χ4n) is 2.54. The van der Waals surface area contributed by atoms with Gasteiger partial charge in [0.2, 0.25) is 0 Å². The van der Waals surface area contributed by atoms with Crippen LogP contribution in [-0.4, -0.2) is 30.1 Å². The average molecular weight is 214 g/mol. The van der Waals surface area contributed by atoms with Crippen LogP contribution in [0.25, 0.3) is 0 Å². The molecule has 0 aliphatic carbocycles. The SMILES string of the molecule is CCCC(C)N(C)C(CC)(CN)CCC. The smallest absolute Gasteiger partial charge is 0.0328 e. The third kappa shape index (κ3) is 3.76. The molecule has 0 amide bonds. The highest BCUT2D eigenvalue weighted by atomic mass is 15.2. The molecule has 0 saturated heterocycles. The zero-order valence-electron chi connectivity index (χ0n) is 11.3. The predicted octanol–water partition coefficient (Wildman–Crippen LogP) is 3.01. The van der Waals surface area contributed by atoms with Gasteiger partial charge in [-0.3, -0.25) is 4.90 Å². The monoisotopic (exact) mass is 214 g/mol. The summed E-state index contributed by atoms with van der Waals surface area (Å²) in [5.74, 6) is 0. The molecule has 0 aliphatic heterocycles. The molecule has 2 N–H and O–H groups in total. The van der Waals surface area contributed by atoms with Gasteiger partial charge in [0, 0.05) is 18.1 Å².